The number of carbonyl (C=O) groups excluding carboxylic acids is 2. The number of Topliss-reactive ketones (excluding diaryl/α,β-unsaturated/α-hetero) is 2. The Kier molecular flexibility index (Phi) is 4.42. The van der Waals surface area contributed by atoms with E-state index in [0.717, 1.165) is 10.8 Å². The van der Waals surface area contributed by atoms with E-state index in [-0.39, 0.29) is 24.4 Å². The van der Waals surface area contributed by atoms with Crippen molar-refractivity contribution in [1.29, 1.82) is 0 Å². The van der Waals surface area contributed by atoms with Crippen molar-refractivity contribution in [2.75, 3.05) is 13.7 Å². The Labute approximate surface area is 112 Å². The molecule has 0 aromatic heterocycles. The van der Waals surface area contributed by atoms with Crippen LogP contribution in [0.4, 0.5) is 0 Å². The molecule has 0 amide bonds. The normalized spacial score (nSPS) is 10.6. The lowest BCUT2D eigenvalue weighted by Gasteiger charge is -2.03. The SMILES string of the molecule is COCCC(=O)CC(=O)c1ccc2ccccc2c1. The van der Waals surface area contributed by atoms with Crippen molar-refractivity contribution in [3.8, 4) is 0 Å². The van der Waals surface area contributed by atoms with Gasteiger partial charge in [-0.25, -0.2) is 0 Å². The molecule has 19 heavy (non-hydrogen) atoms. The first-order chi connectivity index (χ1) is 9.20. The third kappa shape index (κ3) is 3.48. The molecule has 2 aromatic rings. The summed E-state index contributed by atoms with van der Waals surface area (Å²) in [6.45, 7) is 0.365. The smallest absolute Gasteiger partial charge is 0.170 e. The largest absolute Gasteiger partial charge is 0.384 e. The molecule has 0 bridgehead atoms. The van der Waals surface area contributed by atoms with Gasteiger partial charge in [0.15, 0.2) is 5.78 Å². The number of ketones is 2. The first kappa shape index (κ1) is 13.4. The summed E-state index contributed by atoms with van der Waals surface area (Å²) in [4.78, 5) is 23.5. The zero-order valence-electron chi connectivity index (χ0n) is 10.9. The van der Waals surface area contributed by atoms with Crippen LogP contribution in [0.15, 0.2) is 42.5 Å². The van der Waals surface area contributed by atoms with Crippen molar-refractivity contribution in [3.05, 3.63) is 48.0 Å². The minimum absolute atomic E-state index is 0.0539. The zero-order valence-corrected chi connectivity index (χ0v) is 10.9. The van der Waals surface area contributed by atoms with E-state index in [0.29, 0.717) is 12.2 Å². The Morgan fingerprint density at radius 3 is 2.53 bits per heavy atom. The Morgan fingerprint density at radius 2 is 1.79 bits per heavy atom. The van der Waals surface area contributed by atoms with Crippen LogP contribution in [0.25, 0.3) is 10.8 Å². The van der Waals surface area contributed by atoms with Crippen LogP contribution in [-0.2, 0) is 9.53 Å². The maximum atomic E-state index is 12.0. The Bertz CT molecular complexity index is 602. The fourth-order valence-electron chi connectivity index (χ4n) is 1.95. The van der Waals surface area contributed by atoms with E-state index in [4.69, 9.17) is 4.74 Å². The van der Waals surface area contributed by atoms with Gasteiger partial charge in [-0.15, -0.1) is 0 Å². The van der Waals surface area contributed by atoms with Crippen molar-refractivity contribution in [1.82, 2.24) is 0 Å². The molecule has 0 atom stereocenters. The van der Waals surface area contributed by atoms with E-state index >= 15 is 0 Å². The molecule has 2 aromatic carbocycles. The van der Waals surface area contributed by atoms with Gasteiger partial charge in [-0.3, -0.25) is 9.59 Å². The summed E-state index contributed by atoms with van der Waals surface area (Å²) in [7, 11) is 1.54. The molecule has 0 aliphatic heterocycles. The van der Waals surface area contributed by atoms with E-state index in [1.54, 1.807) is 13.2 Å². The highest BCUT2D eigenvalue weighted by Crippen LogP contribution is 2.16. The molecule has 0 radical (unpaired) electrons. The minimum Gasteiger partial charge on any atom is -0.384 e. The number of ether oxygens (including phenoxy) is 1. The van der Waals surface area contributed by atoms with Gasteiger partial charge in [0.1, 0.15) is 5.78 Å². The number of hydrogen-bond donors (Lipinski definition) is 0. The summed E-state index contributed by atoms with van der Waals surface area (Å²) in [5, 5.41) is 2.10. The average molecular weight is 256 g/mol. The van der Waals surface area contributed by atoms with Crippen LogP contribution >= 0.6 is 0 Å². The standard InChI is InChI=1S/C16H16O3/c1-19-9-8-15(17)11-16(18)14-7-6-12-4-2-3-5-13(12)10-14/h2-7,10H,8-9,11H2,1H3. The number of hydrogen-bond acceptors (Lipinski definition) is 3. The maximum Gasteiger partial charge on any atom is 0.170 e. The molecule has 0 saturated heterocycles. The highest BCUT2D eigenvalue weighted by Gasteiger charge is 2.11. The lowest BCUT2D eigenvalue weighted by Crippen LogP contribution is -2.10. The van der Waals surface area contributed by atoms with E-state index in [1.165, 1.54) is 0 Å². The number of benzene rings is 2. The second-order valence-corrected chi connectivity index (χ2v) is 4.44. The van der Waals surface area contributed by atoms with Crippen LogP contribution in [0.1, 0.15) is 23.2 Å². The summed E-state index contributed by atoms with van der Waals surface area (Å²) in [6.07, 6.45) is 0.234. The molecule has 0 unspecified atom stereocenters. The molecular weight excluding hydrogens is 240 g/mol. The van der Waals surface area contributed by atoms with Crippen molar-refractivity contribution in [3.63, 3.8) is 0 Å². The first-order valence-electron chi connectivity index (χ1n) is 6.23. The van der Waals surface area contributed by atoms with Gasteiger partial charge in [-0.1, -0.05) is 36.4 Å². The molecule has 0 heterocycles. The summed E-state index contributed by atoms with van der Waals surface area (Å²) < 4.78 is 4.83. The van der Waals surface area contributed by atoms with Gasteiger partial charge in [-0.2, -0.15) is 0 Å². The van der Waals surface area contributed by atoms with Gasteiger partial charge in [0.05, 0.1) is 13.0 Å². The Hall–Kier alpha value is -2.00. The van der Waals surface area contributed by atoms with Crippen LogP contribution < -0.4 is 0 Å². The summed E-state index contributed by atoms with van der Waals surface area (Å²) >= 11 is 0. The minimum atomic E-state index is -0.133. The van der Waals surface area contributed by atoms with E-state index in [2.05, 4.69) is 0 Å². The molecule has 0 aliphatic carbocycles. The van der Waals surface area contributed by atoms with Gasteiger partial charge in [0.2, 0.25) is 0 Å². The van der Waals surface area contributed by atoms with Crippen molar-refractivity contribution in [2.45, 2.75) is 12.8 Å². The van der Waals surface area contributed by atoms with Crippen LogP contribution in [0, 0.1) is 0 Å². The van der Waals surface area contributed by atoms with E-state index in [9.17, 15) is 9.59 Å². The number of fused-ring (bicyclic) bond motifs is 1. The molecule has 3 heteroatoms. The van der Waals surface area contributed by atoms with Gasteiger partial charge < -0.3 is 4.74 Å². The molecular formula is C16H16O3. The molecule has 3 nitrogen and oxygen atoms in total. The Morgan fingerprint density at radius 1 is 1.05 bits per heavy atom. The maximum absolute atomic E-state index is 12.0. The number of carbonyl (C=O) groups is 2. The van der Waals surface area contributed by atoms with Crippen LogP contribution in [0.3, 0.4) is 0 Å². The molecule has 98 valence electrons. The second kappa shape index (κ2) is 6.25. The molecule has 0 fully saturated rings. The fraction of sp³-hybridized carbons (Fsp3) is 0.250. The van der Waals surface area contributed by atoms with Crippen LogP contribution in [-0.4, -0.2) is 25.3 Å². The lowest BCUT2D eigenvalue weighted by molar-refractivity contribution is -0.119. The van der Waals surface area contributed by atoms with Crippen LogP contribution in [0.5, 0.6) is 0 Å². The highest BCUT2D eigenvalue weighted by atomic mass is 16.5. The topological polar surface area (TPSA) is 43.4 Å². The molecule has 0 aliphatic rings. The highest BCUT2D eigenvalue weighted by molar-refractivity contribution is 6.09. The van der Waals surface area contributed by atoms with E-state index < -0.39 is 0 Å². The summed E-state index contributed by atoms with van der Waals surface area (Å²) in [5.74, 6) is -0.216. The predicted octanol–water partition coefficient (Wildman–Crippen LogP) is 3.02. The molecule has 0 N–H and O–H groups in total. The zero-order chi connectivity index (χ0) is 13.7. The van der Waals surface area contributed by atoms with Gasteiger partial charge >= 0.3 is 0 Å². The average Bonchev–Trinajstić information content (AvgIpc) is 2.44. The van der Waals surface area contributed by atoms with E-state index in [1.807, 2.05) is 36.4 Å². The summed E-state index contributed by atoms with van der Waals surface area (Å²) in [6, 6.07) is 13.3. The number of methoxy groups -OCH3 is 1. The predicted molar refractivity (Wildman–Crippen MR) is 74.4 cm³/mol. The lowest BCUT2D eigenvalue weighted by atomic mass is 10.0. The first-order valence-corrected chi connectivity index (χ1v) is 6.23. The van der Waals surface area contributed by atoms with Crippen LogP contribution in [0.2, 0.25) is 0 Å². The van der Waals surface area contributed by atoms with Crippen molar-refractivity contribution >= 4 is 22.3 Å². The third-order valence-electron chi connectivity index (χ3n) is 3.01. The molecule has 2 rings (SSSR count). The summed E-state index contributed by atoms with van der Waals surface area (Å²) in [5.41, 5.74) is 0.587. The fourth-order valence-corrected chi connectivity index (χ4v) is 1.95. The van der Waals surface area contributed by atoms with Gasteiger partial charge in [0.25, 0.3) is 0 Å². The van der Waals surface area contributed by atoms with Gasteiger partial charge in [-0.05, 0) is 16.8 Å². The van der Waals surface area contributed by atoms with Gasteiger partial charge in [0, 0.05) is 19.1 Å². The molecule has 0 saturated carbocycles. The second-order valence-electron chi connectivity index (χ2n) is 4.44. The monoisotopic (exact) mass is 256 g/mol. The quantitative estimate of drug-likeness (QED) is 0.589. The number of rotatable bonds is 6. The molecule has 0 spiro atoms. The van der Waals surface area contributed by atoms with Crippen molar-refractivity contribution in [2.24, 2.45) is 0 Å². The third-order valence-corrected chi connectivity index (χ3v) is 3.01. The Balaban J connectivity index is 2.11. The van der Waals surface area contributed by atoms with Crippen molar-refractivity contribution < 1.29 is 14.3 Å².